The zero-order chi connectivity index (χ0) is 29.5. The molecular formula is C32H32N6O3S2. The monoisotopic (exact) mass is 612 g/mol. The number of methoxy groups -OCH3 is 1. The first-order valence-corrected chi connectivity index (χ1v) is 16.3. The van der Waals surface area contributed by atoms with Gasteiger partial charge in [-0.3, -0.25) is 4.79 Å². The fourth-order valence-electron chi connectivity index (χ4n) is 5.57. The van der Waals surface area contributed by atoms with Crippen LogP contribution in [0.2, 0.25) is 0 Å². The van der Waals surface area contributed by atoms with Gasteiger partial charge in [0, 0.05) is 53.9 Å². The quantitative estimate of drug-likeness (QED) is 0.189. The SMILES string of the molecule is CCC1=Nn2cc(-c3nc4cc(OC)cc(OCc5csc(-c6ccc(C(=O)N7CCC[C@H](C)C7)cc6)n5)c4s3)nc2C1. The van der Waals surface area contributed by atoms with E-state index in [1.54, 1.807) is 29.8 Å². The summed E-state index contributed by atoms with van der Waals surface area (Å²) in [5.41, 5.74) is 5.28. The highest BCUT2D eigenvalue weighted by molar-refractivity contribution is 7.22. The van der Waals surface area contributed by atoms with Crippen molar-refractivity contribution in [2.24, 2.45) is 11.0 Å². The summed E-state index contributed by atoms with van der Waals surface area (Å²) >= 11 is 3.11. The highest BCUT2D eigenvalue weighted by atomic mass is 32.1. The number of imidazole rings is 1. The molecule has 1 saturated heterocycles. The first-order valence-electron chi connectivity index (χ1n) is 14.6. The number of benzene rings is 2. The second-order valence-corrected chi connectivity index (χ2v) is 12.9. The van der Waals surface area contributed by atoms with Crippen molar-refractivity contribution in [3.63, 3.8) is 0 Å². The number of ether oxygens (including phenoxy) is 2. The first-order chi connectivity index (χ1) is 21.0. The van der Waals surface area contributed by atoms with Crippen LogP contribution in [0.15, 0.2) is 53.1 Å². The van der Waals surface area contributed by atoms with Crippen molar-refractivity contribution in [2.45, 2.75) is 46.1 Å². The summed E-state index contributed by atoms with van der Waals surface area (Å²) in [6.45, 7) is 6.30. The van der Waals surface area contributed by atoms with E-state index in [1.165, 1.54) is 6.42 Å². The average molecular weight is 613 g/mol. The lowest BCUT2D eigenvalue weighted by Crippen LogP contribution is -2.39. The first kappa shape index (κ1) is 27.7. The molecule has 1 fully saturated rings. The molecule has 2 aliphatic heterocycles. The van der Waals surface area contributed by atoms with E-state index < -0.39 is 0 Å². The van der Waals surface area contributed by atoms with Crippen LogP contribution in [0.1, 0.15) is 55.0 Å². The van der Waals surface area contributed by atoms with Gasteiger partial charge >= 0.3 is 0 Å². The third-order valence-electron chi connectivity index (χ3n) is 7.91. The Labute approximate surface area is 257 Å². The molecular weight excluding hydrogens is 581 g/mol. The predicted molar refractivity (Wildman–Crippen MR) is 170 cm³/mol. The maximum absolute atomic E-state index is 13.0. The van der Waals surface area contributed by atoms with Gasteiger partial charge in [0.1, 0.15) is 39.6 Å². The van der Waals surface area contributed by atoms with Crippen molar-refractivity contribution < 1.29 is 14.3 Å². The van der Waals surface area contributed by atoms with Crippen molar-refractivity contribution in [3.8, 4) is 32.8 Å². The van der Waals surface area contributed by atoms with E-state index in [0.717, 1.165) is 86.6 Å². The molecule has 220 valence electrons. The Kier molecular flexibility index (Phi) is 7.44. The number of aromatic nitrogens is 4. The van der Waals surface area contributed by atoms with Gasteiger partial charge in [-0.25, -0.2) is 19.6 Å². The molecule has 3 aromatic heterocycles. The fourth-order valence-corrected chi connectivity index (χ4v) is 7.35. The number of hydrogen-bond acceptors (Lipinski definition) is 9. The molecule has 0 bridgehead atoms. The summed E-state index contributed by atoms with van der Waals surface area (Å²) in [5, 5.41) is 8.33. The van der Waals surface area contributed by atoms with Gasteiger partial charge in [-0.2, -0.15) is 5.10 Å². The number of piperidine rings is 1. The Balaban J connectivity index is 1.07. The van der Waals surface area contributed by atoms with Gasteiger partial charge < -0.3 is 14.4 Å². The zero-order valence-electron chi connectivity index (χ0n) is 24.4. The third kappa shape index (κ3) is 5.54. The van der Waals surface area contributed by atoms with E-state index in [4.69, 9.17) is 24.4 Å². The number of carbonyl (C=O) groups is 1. The Bertz CT molecular complexity index is 1840. The van der Waals surface area contributed by atoms with Crippen LogP contribution in [0.3, 0.4) is 0 Å². The van der Waals surface area contributed by atoms with Crippen molar-refractivity contribution >= 4 is 44.5 Å². The van der Waals surface area contributed by atoms with Crippen molar-refractivity contribution in [1.29, 1.82) is 0 Å². The van der Waals surface area contributed by atoms with Crippen LogP contribution >= 0.6 is 22.7 Å². The van der Waals surface area contributed by atoms with Crippen molar-refractivity contribution in [1.82, 2.24) is 24.5 Å². The molecule has 1 amide bonds. The van der Waals surface area contributed by atoms with Crippen LogP contribution in [0.4, 0.5) is 0 Å². The number of thiazole rings is 2. The van der Waals surface area contributed by atoms with Gasteiger partial charge in [-0.05, 0) is 37.3 Å². The van der Waals surface area contributed by atoms with Crippen LogP contribution in [-0.4, -0.2) is 56.3 Å². The van der Waals surface area contributed by atoms with Crippen LogP contribution < -0.4 is 9.47 Å². The van der Waals surface area contributed by atoms with Crippen LogP contribution in [0.5, 0.6) is 11.5 Å². The third-order valence-corrected chi connectivity index (χ3v) is 9.96. The van der Waals surface area contributed by atoms with Gasteiger partial charge in [0.2, 0.25) is 0 Å². The van der Waals surface area contributed by atoms with Gasteiger partial charge in [0.15, 0.2) is 0 Å². The van der Waals surface area contributed by atoms with E-state index in [9.17, 15) is 4.79 Å². The summed E-state index contributed by atoms with van der Waals surface area (Å²) in [7, 11) is 1.64. The summed E-state index contributed by atoms with van der Waals surface area (Å²) in [5.74, 6) is 2.98. The van der Waals surface area contributed by atoms with E-state index in [0.29, 0.717) is 24.0 Å². The Morgan fingerprint density at radius 1 is 1.12 bits per heavy atom. The predicted octanol–water partition coefficient (Wildman–Crippen LogP) is 6.91. The topological polar surface area (TPSA) is 94.7 Å². The number of fused-ring (bicyclic) bond motifs is 2. The molecule has 5 heterocycles. The summed E-state index contributed by atoms with van der Waals surface area (Å²) in [4.78, 5) is 29.4. The number of nitrogens with zero attached hydrogens (tertiary/aromatic N) is 6. The minimum Gasteiger partial charge on any atom is -0.497 e. The fraction of sp³-hybridized carbons (Fsp3) is 0.344. The van der Waals surface area contributed by atoms with Gasteiger partial charge in [0.05, 0.1) is 29.2 Å². The normalized spacial score (nSPS) is 16.4. The number of likely N-dealkylation sites (tertiary alicyclic amines) is 1. The maximum atomic E-state index is 13.0. The summed E-state index contributed by atoms with van der Waals surface area (Å²) < 4.78 is 14.6. The lowest BCUT2D eigenvalue weighted by atomic mass is 9.99. The molecule has 0 N–H and O–H groups in total. The van der Waals surface area contributed by atoms with Crippen LogP contribution in [0.25, 0.3) is 31.5 Å². The van der Waals surface area contributed by atoms with E-state index >= 15 is 0 Å². The molecule has 1 atom stereocenters. The van der Waals surface area contributed by atoms with Crippen molar-refractivity contribution in [3.05, 3.63) is 65.1 Å². The molecule has 9 nitrogen and oxygen atoms in total. The molecule has 0 spiro atoms. The van der Waals surface area contributed by atoms with E-state index in [1.807, 2.05) is 57.6 Å². The second-order valence-electron chi connectivity index (χ2n) is 11.1. The minimum atomic E-state index is 0.110. The lowest BCUT2D eigenvalue weighted by molar-refractivity contribution is 0.0683. The number of hydrogen-bond donors (Lipinski definition) is 0. The highest BCUT2D eigenvalue weighted by Crippen LogP contribution is 2.39. The molecule has 0 aliphatic carbocycles. The number of rotatable bonds is 8. The average Bonchev–Trinajstić information content (AvgIpc) is 3.82. The maximum Gasteiger partial charge on any atom is 0.253 e. The molecule has 7 rings (SSSR count). The second kappa shape index (κ2) is 11.5. The Hall–Kier alpha value is -4.09. The lowest BCUT2D eigenvalue weighted by Gasteiger charge is -2.31. The van der Waals surface area contributed by atoms with Crippen LogP contribution in [0, 0.1) is 5.92 Å². The number of carbonyl (C=O) groups excluding carboxylic acids is 1. The van der Waals surface area contributed by atoms with Gasteiger partial charge in [0.25, 0.3) is 5.91 Å². The van der Waals surface area contributed by atoms with E-state index in [-0.39, 0.29) is 5.91 Å². The molecule has 0 unspecified atom stereocenters. The molecule has 2 aliphatic rings. The standard InChI is InChI=1S/C32H32N6O3S2/c1-4-22-12-28-34-26(16-38(28)36-22)31-35-25-13-24(40-3)14-27(29(25)43-31)41-17-23-18-42-30(33-23)20-7-9-21(10-8-20)32(39)37-11-5-6-19(2)15-37/h7-10,13-14,16,18-19H,4-6,11-12,15,17H2,1-3H3/t19-/m0/s1. The minimum absolute atomic E-state index is 0.110. The Morgan fingerprint density at radius 2 is 1.98 bits per heavy atom. The van der Waals surface area contributed by atoms with Gasteiger partial charge in [-0.1, -0.05) is 26.0 Å². The summed E-state index contributed by atoms with van der Waals surface area (Å²) in [6.07, 6.45) is 5.91. The molecule has 0 radical (unpaired) electrons. The molecule has 2 aromatic carbocycles. The zero-order valence-corrected chi connectivity index (χ0v) is 26.0. The van der Waals surface area contributed by atoms with Crippen molar-refractivity contribution in [2.75, 3.05) is 20.2 Å². The Morgan fingerprint density at radius 3 is 2.74 bits per heavy atom. The molecule has 11 heteroatoms. The highest BCUT2D eigenvalue weighted by Gasteiger charge is 2.23. The smallest absolute Gasteiger partial charge is 0.253 e. The van der Waals surface area contributed by atoms with E-state index in [2.05, 4.69) is 18.9 Å². The molecule has 0 saturated carbocycles. The summed E-state index contributed by atoms with van der Waals surface area (Å²) in [6, 6.07) is 11.6. The number of amides is 1. The molecule has 5 aromatic rings. The largest absolute Gasteiger partial charge is 0.497 e. The molecule has 43 heavy (non-hydrogen) atoms. The van der Waals surface area contributed by atoms with Gasteiger partial charge in [-0.15, -0.1) is 22.7 Å². The van der Waals surface area contributed by atoms with Crippen LogP contribution in [-0.2, 0) is 13.0 Å².